The molecule has 0 unspecified atom stereocenters. The SMILES string of the molecule is Cc1cc2c3c(c1)[C@]1(NC(=O)c4ccccc4N1)C(=O)N3C1(CCCCCC1)CC2(C)C. The van der Waals surface area contributed by atoms with Crippen LogP contribution in [0.5, 0.6) is 0 Å². The molecule has 4 aliphatic rings. The molecular weight excluding hydrogens is 398 g/mol. The van der Waals surface area contributed by atoms with E-state index in [9.17, 15) is 9.59 Å². The van der Waals surface area contributed by atoms with Gasteiger partial charge in [0.25, 0.3) is 11.8 Å². The van der Waals surface area contributed by atoms with E-state index in [-0.39, 0.29) is 22.8 Å². The number of anilines is 2. The van der Waals surface area contributed by atoms with Crippen LogP contribution in [0.15, 0.2) is 36.4 Å². The van der Waals surface area contributed by atoms with Gasteiger partial charge in [0.05, 0.1) is 11.3 Å². The first-order chi connectivity index (χ1) is 15.3. The molecule has 1 saturated carbocycles. The van der Waals surface area contributed by atoms with Gasteiger partial charge in [0.1, 0.15) is 0 Å². The van der Waals surface area contributed by atoms with E-state index >= 15 is 0 Å². The maximum Gasteiger partial charge on any atom is 0.279 e. The van der Waals surface area contributed by atoms with Crippen LogP contribution in [0.4, 0.5) is 11.4 Å². The first-order valence-electron chi connectivity index (χ1n) is 12.0. The highest BCUT2D eigenvalue weighted by Crippen LogP contribution is 2.58. The quantitative estimate of drug-likeness (QED) is 0.611. The van der Waals surface area contributed by atoms with Gasteiger partial charge >= 0.3 is 0 Å². The number of rotatable bonds is 0. The molecule has 1 fully saturated rings. The van der Waals surface area contributed by atoms with E-state index < -0.39 is 5.66 Å². The van der Waals surface area contributed by atoms with E-state index in [0.717, 1.165) is 48.9 Å². The summed E-state index contributed by atoms with van der Waals surface area (Å²) < 4.78 is 0. The maximum atomic E-state index is 14.5. The van der Waals surface area contributed by atoms with Crippen molar-refractivity contribution in [3.8, 4) is 0 Å². The Balaban J connectivity index is 1.62. The highest BCUT2D eigenvalue weighted by atomic mass is 16.2. The normalized spacial score (nSPS) is 26.9. The third kappa shape index (κ3) is 2.45. The minimum Gasteiger partial charge on any atom is -0.350 e. The number of benzene rings is 2. The predicted octanol–water partition coefficient (Wildman–Crippen LogP) is 5.12. The molecule has 5 heteroatoms. The lowest BCUT2D eigenvalue weighted by Crippen LogP contribution is -2.64. The topological polar surface area (TPSA) is 61.4 Å². The number of hydrogen-bond acceptors (Lipinski definition) is 3. The molecule has 0 aromatic heterocycles. The van der Waals surface area contributed by atoms with Gasteiger partial charge in [0, 0.05) is 16.8 Å². The molecule has 2 amide bonds. The average molecular weight is 430 g/mol. The molecule has 2 aromatic carbocycles. The maximum absolute atomic E-state index is 14.5. The Hall–Kier alpha value is -2.82. The molecular formula is C27H31N3O2. The predicted molar refractivity (Wildman–Crippen MR) is 126 cm³/mol. The Labute approximate surface area is 189 Å². The van der Waals surface area contributed by atoms with Gasteiger partial charge in [-0.3, -0.25) is 9.59 Å². The summed E-state index contributed by atoms with van der Waals surface area (Å²) in [5, 5.41) is 6.62. The molecule has 0 saturated heterocycles. The monoisotopic (exact) mass is 429 g/mol. The van der Waals surface area contributed by atoms with Crippen LogP contribution < -0.4 is 15.5 Å². The minimum absolute atomic E-state index is 0.0281. The summed E-state index contributed by atoms with van der Waals surface area (Å²) in [7, 11) is 0. The second-order valence-corrected chi connectivity index (χ2v) is 10.9. The van der Waals surface area contributed by atoms with Crippen molar-refractivity contribution in [2.75, 3.05) is 10.2 Å². The van der Waals surface area contributed by atoms with Gasteiger partial charge in [-0.05, 0) is 55.4 Å². The molecule has 3 heterocycles. The Kier molecular flexibility index (Phi) is 3.95. The number of nitrogens with one attached hydrogen (secondary N) is 2. The fraction of sp³-hybridized carbons (Fsp3) is 0.481. The Morgan fingerprint density at radius 2 is 1.59 bits per heavy atom. The van der Waals surface area contributed by atoms with Crippen LogP contribution in [-0.2, 0) is 15.9 Å². The number of carbonyl (C=O) groups is 2. The van der Waals surface area contributed by atoms with E-state index in [0.29, 0.717) is 11.3 Å². The second kappa shape index (κ2) is 6.37. The molecule has 2 N–H and O–H groups in total. The number of hydrogen-bond donors (Lipinski definition) is 2. The lowest BCUT2D eigenvalue weighted by Gasteiger charge is -2.52. The summed E-state index contributed by atoms with van der Waals surface area (Å²) in [4.78, 5) is 29.8. The number of amides is 2. The van der Waals surface area contributed by atoms with Crippen molar-refractivity contribution in [3.63, 3.8) is 0 Å². The standard InChI is InChI=1S/C27H31N3O2/c1-17-14-19-22-20(15-17)27(28-21-11-7-6-10-18(21)23(31)29-27)24(32)30(22)26(16-25(19,2)3)12-8-4-5-9-13-26/h6-7,10-11,14-15,28H,4-5,8-9,12-13,16H2,1-3H3,(H,29,31)/t27-/m0/s1. The summed E-state index contributed by atoms with van der Waals surface area (Å²) in [5.74, 6) is -0.225. The first kappa shape index (κ1) is 19.8. The van der Waals surface area contributed by atoms with Crippen molar-refractivity contribution in [2.45, 2.75) is 82.3 Å². The number of nitrogens with zero attached hydrogens (tertiary/aromatic N) is 1. The summed E-state index contributed by atoms with van der Waals surface area (Å²) in [6.45, 7) is 6.73. The van der Waals surface area contributed by atoms with Gasteiger partial charge in [-0.1, -0.05) is 63.3 Å². The molecule has 6 rings (SSSR count). The lowest BCUT2D eigenvalue weighted by molar-refractivity contribution is -0.124. The largest absolute Gasteiger partial charge is 0.350 e. The number of aryl methyl sites for hydroxylation is 1. The first-order valence-corrected chi connectivity index (χ1v) is 12.0. The molecule has 5 nitrogen and oxygen atoms in total. The van der Waals surface area contributed by atoms with Crippen LogP contribution in [-0.4, -0.2) is 17.4 Å². The smallest absolute Gasteiger partial charge is 0.279 e. The Morgan fingerprint density at radius 3 is 2.34 bits per heavy atom. The minimum atomic E-state index is -1.25. The van der Waals surface area contributed by atoms with Crippen molar-refractivity contribution < 1.29 is 9.59 Å². The number of carbonyl (C=O) groups excluding carboxylic acids is 2. The van der Waals surface area contributed by atoms with Crippen molar-refractivity contribution >= 4 is 23.2 Å². The lowest BCUT2D eigenvalue weighted by atomic mass is 9.66. The van der Waals surface area contributed by atoms with Gasteiger partial charge in [-0.15, -0.1) is 0 Å². The number of fused-ring (bicyclic) bond motifs is 3. The second-order valence-electron chi connectivity index (χ2n) is 10.9. The fourth-order valence-electron chi connectivity index (χ4n) is 6.95. The van der Waals surface area contributed by atoms with E-state index in [1.165, 1.54) is 18.4 Å². The summed E-state index contributed by atoms with van der Waals surface area (Å²) >= 11 is 0. The van der Waals surface area contributed by atoms with Crippen LogP contribution in [0.25, 0.3) is 0 Å². The molecule has 1 atom stereocenters. The van der Waals surface area contributed by atoms with Gasteiger partial charge in [-0.2, -0.15) is 0 Å². The van der Waals surface area contributed by atoms with Crippen molar-refractivity contribution in [2.24, 2.45) is 0 Å². The molecule has 32 heavy (non-hydrogen) atoms. The van der Waals surface area contributed by atoms with Gasteiger partial charge < -0.3 is 15.5 Å². The molecule has 2 spiro atoms. The van der Waals surface area contributed by atoms with E-state index in [4.69, 9.17) is 0 Å². The van der Waals surface area contributed by atoms with Crippen molar-refractivity contribution in [1.29, 1.82) is 0 Å². The van der Waals surface area contributed by atoms with E-state index in [1.807, 2.05) is 18.2 Å². The van der Waals surface area contributed by atoms with Crippen molar-refractivity contribution in [3.05, 3.63) is 58.7 Å². The van der Waals surface area contributed by atoms with Crippen LogP contribution in [0, 0.1) is 6.92 Å². The summed E-state index contributed by atoms with van der Waals surface area (Å²) in [6.07, 6.45) is 7.75. The Bertz CT molecular complexity index is 1160. The van der Waals surface area contributed by atoms with Crippen molar-refractivity contribution in [1.82, 2.24) is 5.32 Å². The zero-order chi connectivity index (χ0) is 22.3. The van der Waals surface area contributed by atoms with Crippen LogP contribution in [0.2, 0.25) is 0 Å². The molecule has 1 aliphatic carbocycles. The van der Waals surface area contributed by atoms with Gasteiger partial charge in [-0.25, -0.2) is 0 Å². The zero-order valence-corrected chi connectivity index (χ0v) is 19.2. The van der Waals surface area contributed by atoms with E-state index in [1.54, 1.807) is 6.07 Å². The van der Waals surface area contributed by atoms with Crippen LogP contribution >= 0.6 is 0 Å². The molecule has 2 aromatic rings. The highest BCUT2D eigenvalue weighted by molar-refractivity contribution is 6.16. The van der Waals surface area contributed by atoms with Crippen LogP contribution in [0.1, 0.15) is 85.8 Å². The number of para-hydroxylation sites is 1. The third-order valence-electron chi connectivity index (χ3n) is 8.21. The summed E-state index contributed by atoms with van der Waals surface area (Å²) in [5.41, 5.74) is 4.09. The van der Waals surface area contributed by atoms with Crippen LogP contribution in [0.3, 0.4) is 0 Å². The third-order valence-corrected chi connectivity index (χ3v) is 8.21. The molecule has 0 radical (unpaired) electrons. The average Bonchev–Trinajstić information content (AvgIpc) is 2.88. The molecule has 0 bridgehead atoms. The fourth-order valence-corrected chi connectivity index (χ4v) is 6.95. The van der Waals surface area contributed by atoms with Gasteiger partial charge in [0.2, 0.25) is 5.66 Å². The molecule has 166 valence electrons. The van der Waals surface area contributed by atoms with E-state index in [2.05, 4.69) is 48.4 Å². The summed E-state index contributed by atoms with van der Waals surface area (Å²) in [6, 6.07) is 11.8. The zero-order valence-electron chi connectivity index (χ0n) is 19.2. The Morgan fingerprint density at radius 1 is 0.906 bits per heavy atom. The van der Waals surface area contributed by atoms with Gasteiger partial charge in [0.15, 0.2) is 0 Å². The molecule has 3 aliphatic heterocycles. The highest BCUT2D eigenvalue weighted by Gasteiger charge is 2.63.